The zero-order chi connectivity index (χ0) is 17.9. The number of hydrogen-bond acceptors (Lipinski definition) is 5. The van der Waals surface area contributed by atoms with Crippen molar-refractivity contribution in [3.63, 3.8) is 0 Å². The van der Waals surface area contributed by atoms with Crippen molar-refractivity contribution in [1.29, 1.82) is 5.26 Å². The fourth-order valence-electron chi connectivity index (χ4n) is 1.96. The van der Waals surface area contributed by atoms with Crippen LogP contribution in [0.2, 0.25) is 0 Å². The molecule has 124 valence electrons. The summed E-state index contributed by atoms with van der Waals surface area (Å²) in [5.41, 5.74) is 0.206. The molecule has 0 saturated heterocycles. The molecule has 24 heavy (non-hydrogen) atoms. The van der Waals surface area contributed by atoms with Crippen LogP contribution in [-0.2, 0) is 10.0 Å². The van der Waals surface area contributed by atoms with Gasteiger partial charge in [0.1, 0.15) is 5.82 Å². The molecule has 0 fully saturated rings. The van der Waals surface area contributed by atoms with Gasteiger partial charge in [-0.05, 0) is 36.4 Å². The standard InChI is InChI=1S/C15H12FN3O4S/c1-18-13-3-2-9(8-17)4-14(13)19-24(22,23)12-6-10(15(20)21)5-11(16)7-12/h2-7,18-19H,1H3,(H,20,21). The van der Waals surface area contributed by atoms with Crippen LogP contribution < -0.4 is 10.0 Å². The highest BCUT2D eigenvalue weighted by atomic mass is 32.2. The third-order valence-corrected chi connectivity index (χ3v) is 4.44. The predicted octanol–water partition coefficient (Wildman–Crippen LogP) is 2.24. The third-order valence-electron chi connectivity index (χ3n) is 3.09. The molecule has 0 bridgehead atoms. The summed E-state index contributed by atoms with van der Waals surface area (Å²) >= 11 is 0. The van der Waals surface area contributed by atoms with Crippen LogP contribution in [0.4, 0.5) is 15.8 Å². The molecule has 0 saturated carbocycles. The Kier molecular flexibility index (Phi) is 4.71. The number of hydrogen-bond donors (Lipinski definition) is 3. The summed E-state index contributed by atoms with van der Waals surface area (Å²) in [6, 6.07) is 8.46. The maximum absolute atomic E-state index is 13.5. The summed E-state index contributed by atoms with van der Waals surface area (Å²) in [4.78, 5) is 10.4. The molecular weight excluding hydrogens is 337 g/mol. The lowest BCUT2D eigenvalue weighted by Crippen LogP contribution is -2.15. The highest BCUT2D eigenvalue weighted by molar-refractivity contribution is 7.92. The highest BCUT2D eigenvalue weighted by Crippen LogP contribution is 2.26. The van der Waals surface area contributed by atoms with E-state index in [0.717, 1.165) is 12.1 Å². The predicted molar refractivity (Wildman–Crippen MR) is 84.9 cm³/mol. The van der Waals surface area contributed by atoms with Crippen molar-refractivity contribution in [2.75, 3.05) is 17.1 Å². The number of nitrogens with zero attached hydrogens (tertiary/aromatic N) is 1. The fraction of sp³-hybridized carbons (Fsp3) is 0.0667. The van der Waals surface area contributed by atoms with Gasteiger partial charge in [0.15, 0.2) is 0 Å². The minimum Gasteiger partial charge on any atom is -0.478 e. The largest absolute Gasteiger partial charge is 0.478 e. The summed E-state index contributed by atoms with van der Waals surface area (Å²) in [6.45, 7) is 0. The Bertz CT molecular complexity index is 952. The van der Waals surface area contributed by atoms with Crippen LogP contribution in [0.15, 0.2) is 41.3 Å². The zero-order valence-electron chi connectivity index (χ0n) is 12.4. The van der Waals surface area contributed by atoms with Crippen LogP contribution in [0.3, 0.4) is 0 Å². The van der Waals surface area contributed by atoms with E-state index < -0.39 is 32.3 Å². The van der Waals surface area contributed by atoms with Gasteiger partial charge in [-0.3, -0.25) is 4.72 Å². The van der Waals surface area contributed by atoms with E-state index in [9.17, 15) is 17.6 Å². The Morgan fingerprint density at radius 3 is 2.50 bits per heavy atom. The smallest absolute Gasteiger partial charge is 0.335 e. The van der Waals surface area contributed by atoms with Gasteiger partial charge in [-0.1, -0.05) is 0 Å². The maximum Gasteiger partial charge on any atom is 0.335 e. The average Bonchev–Trinajstić information content (AvgIpc) is 2.53. The molecule has 0 unspecified atom stereocenters. The molecule has 7 nitrogen and oxygen atoms in total. The van der Waals surface area contributed by atoms with E-state index in [0.29, 0.717) is 11.8 Å². The van der Waals surface area contributed by atoms with Gasteiger partial charge in [0, 0.05) is 7.05 Å². The zero-order valence-corrected chi connectivity index (χ0v) is 13.2. The van der Waals surface area contributed by atoms with E-state index in [4.69, 9.17) is 10.4 Å². The molecule has 2 rings (SSSR count). The highest BCUT2D eigenvalue weighted by Gasteiger charge is 2.20. The van der Waals surface area contributed by atoms with Crippen LogP contribution in [0.25, 0.3) is 0 Å². The van der Waals surface area contributed by atoms with E-state index in [1.54, 1.807) is 7.05 Å². The van der Waals surface area contributed by atoms with Crippen LogP contribution in [-0.4, -0.2) is 26.5 Å². The average molecular weight is 349 g/mol. The molecule has 2 aromatic rings. The summed E-state index contributed by atoms with van der Waals surface area (Å²) in [7, 11) is -2.69. The molecule has 0 radical (unpaired) electrons. The number of carboxylic acid groups (broad SMARTS) is 1. The number of halogens is 1. The van der Waals surface area contributed by atoms with Crippen molar-refractivity contribution in [1.82, 2.24) is 0 Å². The van der Waals surface area contributed by atoms with Crippen molar-refractivity contribution in [2.45, 2.75) is 4.90 Å². The van der Waals surface area contributed by atoms with Gasteiger partial charge in [0.25, 0.3) is 10.0 Å². The minimum atomic E-state index is -4.25. The maximum atomic E-state index is 13.5. The fourth-order valence-corrected chi connectivity index (χ4v) is 3.09. The molecule has 0 aliphatic heterocycles. The first-order chi connectivity index (χ1) is 11.3. The Balaban J connectivity index is 2.50. The summed E-state index contributed by atoms with van der Waals surface area (Å²) < 4.78 is 40.6. The van der Waals surface area contributed by atoms with Gasteiger partial charge in [0.05, 0.1) is 33.5 Å². The Labute approximate surface area is 137 Å². The summed E-state index contributed by atoms with van der Waals surface area (Å²) in [5.74, 6) is -2.44. The molecular formula is C15H12FN3O4S. The number of sulfonamides is 1. The minimum absolute atomic E-state index is 0.0812. The van der Waals surface area contributed by atoms with Crippen molar-refractivity contribution in [2.24, 2.45) is 0 Å². The van der Waals surface area contributed by atoms with Crippen LogP contribution in [0.5, 0.6) is 0 Å². The number of nitriles is 1. The summed E-state index contributed by atoms with van der Waals surface area (Å²) in [6.07, 6.45) is 0. The molecule has 2 aromatic carbocycles. The van der Waals surface area contributed by atoms with Gasteiger partial charge >= 0.3 is 5.97 Å². The van der Waals surface area contributed by atoms with Crippen molar-refractivity contribution < 1.29 is 22.7 Å². The van der Waals surface area contributed by atoms with E-state index >= 15 is 0 Å². The van der Waals surface area contributed by atoms with Crippen LogP contribution in [0, 0.1) is 17.1 Å². The van der Waals surface area contributed by atoms with Gasteiger partial charge in [-0.15, -0.1) is 0 Å². The number of carboxylic acids is 1. The topological polar surface area (TPSA) is 119 Å². The molecule has 0 aliphatic carbocycles. The second kappa shape index (κ2) is 6.55. The van der Waals surface area contributed by atoms with Gasteiger partial charge in [-0.2, -0.15) is 5.26 Å². The van der Waals surface area contributed by atoms with Gasteiger partial charge in [0.2, 0.25) is 0 Å². The number of carbonyl (C=O) groups is 1. The van der Waals surface area contributed by atoms with E-state index in [2.05, 4.69) is 10.0 Å². The van der Waals surface area contributed by atoms with Crippen LogP contribution in [0.1, 0.15) is 15.9 Å². The van der Waals surface area contributed by atoms with Gasteiger partial charge in [-0.25, -0.2) is 17.6 Å². The molecule has 0 atom stereocenters. The molecule has 0 aliphatic rings. The van der Waals surface area contributed by atoms with Crippen LogP contribution >= 0.6 is 0 Å². The van der Waals surface area contributed by atoms with E-state index in [1.165, 1.54) is 18.2 Å². The second-order valence-electron chi connectivity index (χ2n) is 4.71. The van der Waals surface area contributed by atoms with Gasteiger partial charge < -0.3 is 10.4 Å². The Morgan fingerprint density at radius 1 is 1.21 bits per heavy atom. The molecule has 3 N–H and O–H groups in total. The number of anilines is 2. The first-order valence-electron chi connectivity index (χ1n) is 6.55. The molecule has 0 heterocycles. The number of aromatic carboxylic acids is 1. The second-order valence-corrected chi connectivity index (χ2v) is 6.39. The third kappa shape index (κ3) is 3.61. The van der Waals surface area contributed by atoms with E-state index in [1.807, 2.05) is 6.07 Å². The quantitative estimate of drug-likeness (QED) is 0.761. The Morgan fingerprint density at radius 2 is 1.92 bits per heavy atom. The monoisotopic (exact) mass is 349 g/mol. The first kappa shape index (κ1) is 17.2. The van der Waals surface area contributed by atoms with Crippen molar-refractivity contribution in [3.8, 4) is 6.07 Å². The number of benzene rings is 2. The van der Waals surface area contributed by atoms with Crippen molar-refractivity contribution in [3.05, 3.63) is 53.3 Å². The number of rotatable bonds is 5. The normalized spacial score (nSPS) is 10.7. The molecule has 9 heteroatoms. The Hall–Kier alpha value is -3.12. The molecule has 0 amide bonds. The lowest BCUT2D eigenvalue weighted by atomic mass is 10.2. The van der Waals surface area contributed by atoms with E-state index in [-0.39, 0.29) is 11.3 Å². The SMILES string of the molecule is CNc1ccc(C#N)cc1NS(=O)(=O)c1cc(F)cc(C(=O)O)c1. The summed E-state index contributed by atoms with van der Waals surface area (Å²) in [5, 5.41) is 20.6. The molecule has 0 aromatic heterocycles. The number of nitrogens with one attached hydrogen (secondary N) is 2. The lowest BCUT2D eigenvalue weighted by molar-refractivity contribution is 0.0696. The molecule has 0 spiro atoms. The lowest BCUT2D eigenvalue weighted by Gasteiger charge is -2.13. The first-order valence-corrected chi connectivity index (χ1v) is 8.04. The van der Waals surface area contributed by atoms with Crippen molar-refractivity contribution >= 4 is 27.4 Å².